The number of nitrogens with two attached hydrogens (primary N) is 1. The Bertz CT molecular complexity index is 459. The number of fused-ring (bicyclic) bond motifs is 1. The third-order valence-electron chi connectivity index (χ3n) is 3.00. The van der Waals surface area contributed by atoms with Gasteiger partial charge < -0.3 is 16.0 Å². The highest BCUT2D eigenvalue weighted by Crippen LogP contribution is 2.25. The molecule has 2 rings (SSSR count). The van der Waals surface area contributed by atoms with E-state index >= 15 is 0 Å². The number of hydrogen-bond donors (Lipinski definition) is 2. The molecule has 3 N–H and O–H groups in total. The lowest BCUT2D eigenvalue weighted by molar-refractivity contribution is -0.123. The van der Waals surface area contributed by atoms with Crippen molar-refractivity contribution in [2.75, 3.05) is 24.5 Å². The van der Waals surface area contributed by atoms with Gasteiger partial charge in [-0.05, 0) is 24.5 Å². The first-order chi connectivity index (χ1) is 8.66. The maximum Gasteiger partial charge on any atom is 0.239 e. The van der Waals surface area contributed by atoms with Gasteiger partial charge in [-0.15, -0.1) is 0 Å². The van der Waals surface area contributed by atoms with Gasteiger partial charge in [0.2, 0.25) is 11.8 Å². The lowest BCUT2D eigenvalue weighted by Crippen LogP contribution is -2.42. The first-order valence-electron chi connectivity index (χ1n) is 6.04. The van der Waals surface area contributed by atoms with E-state index in [1.165, 1.54) is 5.56 Å². The number of primary amides is 1. The molecule has 0 aliphatic carbocycles. The summed E-state index contributed by atoms with van der Waals surface area (Å²) in [5, 5.41) is 2.51. The molecule has 1 aliphatic heterocycles. The van der Waals surface area contributed by atoms with Crippen LogP contribution in [0.1, 0.15) is 12.0 Å². The second kappa shape index (κ2) is 5.53. The smallest absolute Gasteiger partial charge is 0.239 e. The molecule has 5 nitrogen and oxygen atoms in total. The van der Waals surface area contributed by atoms with Crippen LogP contribution in [-0.2, 0) is 16.0 Å². The third-order valence-corrected chi connectivity index (χ3v) is 3.00. The molecule has 1 aromatic rings. The van der Waals surface area contributed by atoms with E-state index in [1.54, 1.807) is 0 Å². The molecule has 0 saturated carbocycles. The van der Waals surface area contributed by atoms with Gasteiger partial charge in [-0.25, -0.2) is 0 Å². The predicted molar refractivity (Wildman–Crippen MR) is 69.2 cm³/mol. The van der Waals surface area contributed by atoms with Crippen LogP contribution in [-0.4, -0.2) is 31.4 Å². The highest BCUT2D eigenvalue weighted by atomic mass is 16.2. The molecule has 1 aliphatic rings. The first kappa shape index (κ1) is 12.4. The van der Waals surface area contributed by atoms with E-state index in [2.05, 4.69) is 11.4 Å². The van der Waals surface area contributed by atoms with Crippen LogP contribution in [0.3, 0.4) is 0 Å². The molecule has 0 saturated heterocycles. The van der Waals surface area contributed by atoms with Crippen molar-refractivity contribution in [3.63, 3.8) is 0 Å². The Kier molecular flexibility index (Phi) is 3.82. The standard InChI is InChI=1S/C13H17N3O2/c14-12(17)8-15-13(18)9-16-7-3-5-10-4-1-2-6-11(10)16/h1-2,4,6H,3,5,7-9H2,(H2,14,17)(H,15,18). The third kappa shape index (κ3) is 3.00. The molecular formula is C13H17N3O2. The van der Waals surface area contributed by atoms with Gasteiger partial charge in [-0.2, -0.15) is 0 Å². The van der Waals surface area contributed by atoms with Gasteiger partial charge >= 0.3 is 0 Å². The lowest BCUT2D eigenvalue weighted by atomic mass is 10.0. The fourth-order valence-corrected chi connectivity index (χ4v) is 2.19. The number of para-hydroxylation sites is 1. The Morgan fingerprint density at radius 3 is 2.89 bits per heavy atom. The predicted octanol–water partition coefficient (Wildman–Crippen LogP) is 0.0407. The summed E-state index contributed by atoms with van der Waals surface area (Å²) in [7, 11) is 0. The van der Waals surface area contributed by atoms with Gasteiger partial charge in [0.05, 0.1) is 13.1 Å². The molecule has 0 radical (unpaired) electrons. The van der Waals surface area contributed by atoms with Gasteiger partial charge in [-0.3, -0.25) is 9.59 Å². The quantitative estimate of drug-likeness (QED) is 0.789. The van der Waals surface area contributed by atoms with Gasteiger partial charge in [0.25, 0.3) is 0 Å². The zero-order chi connectivity index (χ0) is 13.0. The summed E-state index contributed by atoms with van der Waals surface area (Å²) in [5.74, 6) is -0.701. The second-order valence-electron chi connectivity index (χ2n) is 4.40. The van der Waals surface area contributed by atoms with Crippen molar-refractivity contribution in [3.05, 3.63) is 29.8 Å². The average molecular weight is 247 g/mol. The summed E-state index contributed by atoms with van der Waals surface area (Å²) in [4.78, 5) is 24.3. The zero-order valence-corrected chi connectivity index (χ0v) is 10.2. The normalized spacial score (nSPS) is 13.9. The molecule has 1 aromatic carbocycles. The molecule has 0 unspecified atom stereocenters. The van der Waals surface area contributed by atoms with Crippen LogP contribution in [0.15, 0.2) is 24.3 Å². The zero-order valence-electron chi connectivity index (χ0n) is 10.2. The van der Waals surface area contributed by atoms with E-state index in [9.17, 15) is 9.59 Å². The molecule has 1 heterocycles. The number of nitrogens with one attached hydrogen (secondary N) is 1. The summed E-state index contributed by atoms with van der Waals surface area (Å²) in [6.45, 7) is 1.03. The molecule has 5 heteroatoms. The van der Waals surface area contributed by atoms with Crippen molar-refractivity contribution >= 4 is 17.5 Å². The van der Waals surface area contributed by atoms with Gasteiger partial charge in [0.1, 0.15) is 0 Å². The number of nitrogens with zero attached hydrogens (tertiary/aromatic N) is 1. The van der Waals surface area contributed by atoms with Crippen molar-refractivity contribution in [2.45, 2.75) is 12.8 Å². The number of benzene rings is 1. The van der Waals surface area contributed by atoms with Crippen LogP contribution < -0.4 is 16.0 Å². The fraction of sp³-hybridized carbons (Fsp3) is 0.385. The molecule has 0 atom stereocenters. The molecule has 18 heavy (non-hydrogen) atoms. The van der Waals surface area contributed by atoms with Crippen LogP contribution in [0.25, 0.3) is 0 Å². The maximum atomic E-state index is 11.7. The summed E-state index contributed by atoms with van der Waals surface area (Å²) in [5.41, 5.74) is 7.36. The van der Waals surface area contributed by atoms with Gasteiger partial charge in [0, 0.05) is 12.2 Å². The number of amides is 2. The topological polar surface area (TPSA) is 75.4 Å². The van der Waals surface area contributed by atoms with Crippen LogP contribution in [0.4, 0.5) is 5.69 Å². The first-order valence-corrected chi connectivity index (χ1v) is 6.04. The Labute approximate surface area is 106 Å². The van der Waals surface area contributed by atoms with Crippen molar-refractivity contribution in [1.29, 1.82) is 0 Å². The second-order valence-corrected chi connectivity index (χ2v) is 4.40. The number of carbonyl (C=O) groups excluding carboxylic acids is 2. The number of hydrogen-bond acceptors (Lipinski definition) is 3. The van der Waals surface area contributed by atoms with Crippen molar-refractivity contribution in [3.8, 4) is 0 Å². The largest absolute Gasteiger partial charge is 0.368 e. The van der Waals surface area contributed by atoms with Crippen LogP contribution in [0, 0.1) is 0 Å². The minimum absolute atomic E-state index is 0.103. The Balaban J connectivity index is 1.98. The summed E-state index contributed by atoms with van der Waals surface area (Å²) >= 11 is 0. The molecule has 2 amide bonds. The molecule has 0 spiro atoms. The minimum atomic E-state index is -0.526. The summed E-state index contributed by atoms with van der Waals surface area (Å²) < 4.78 is 0. The van der Waals surface area contributed by atoms with Crippen LogP contribution >= 0.6 is 0 Å². The SMILES string of the molecule is NC(=O)CNC(=O)CN1CCCc2ccccc21. The highest BCUT2D eigenvalue weighted by Gasteiger charge is 2.18. The van der Waals surface area contributed by atoms with Gasteiger partial charge in [-0.1, -0.05) is 18.2 Å². The lowest BCUT2D eigenvalue weighted by Gasteiger charge is -2.30. The fourth-order valence-electron chi connectivity index (χ4n) is 2.19. The molecule has 96 valence electrons. The van der Waals surface area contributed by atoms with Crippen LogP contribution in [0.2, 0.25) is 0 Å². The Hall–Kier alpha value is -2.04. The van der Waals surface area contributed by atoms with Crippen molar-refractivity contribution in [1.82, 2.24) is 5.32 Å². The highest BCUT2D eigenvalue weighted by molar-refractivity contribution is 5.86. The van der Waals surface area contributed by atoms with E-state index in [0.717, 1.165) is 25.1 Å². The van der Waals surface area contributed by atoms with E-state index < -0.39 is 5.91 Å². The van der Waals surface area contributed by atoms with E-state index in [4.69, 9.17) is 5.73 Å². The van der Waals surface area contributed by atoms with Crippen molar-refractivity contribution < 1.29 is 9.59 Å². The monoisotopic (exact) mass is 247 g/mol. The number of anilines is 1. The Morgan fingerprint density at radius 1 is 1.33 bits per heavy atom. The number of rotatable bonds is 4. The maximum absolute atomic E-state index is 11.7. The number of aryl methyl sites for hydroxylation is 1. The van der Waals surface area contributed by atoms with E-state index in [-0.39, 0.29) is 19.0 Å². The molecular weight excluding hydrogens is 230 g/mol. The van der Waals surface area contributed by atoms with E-state index in [1.807, 2.05) is 23.1 Å². The Morgan fingerprint density at radius 2 is 2.11 bits per heavy atom. The minimum Gasteiger partial charge on any atom is -0.368 e. The van der Waals surface area contributed by atoms with Crippen LogP contribution in [0.5, 0.6) is 0 Å². The summed E-state index contributed by atoms with van der Waals surface area (Å²) in [6, 6.07) is 8.09. The van der Waals surface area contributed by atoms with Gasteiger partial charge in [0.15, 0.2) is 0 Å². The van der Waals surface area contributed by atoms with Crippen molar-refractivity contribution in [2.24, 2.45) is 5.73 Å². The summed E-state index contributed by atoms with van der Waals surface area (Å²) in [6.07, 6.45) is 2.09. The molecule has 0 bridgehead atoms. The molecule has 0 fully saturated rings. The number of carbonyl (C=O) groups is 2. The molecule has 0 aromatic heterocycles. The average Bonchev–Trinajstić information content (AvgIpc) is 2.37. The van der Waals surface area contributed by atoms with E-state index in [0.29, 0.717) is 0 Å².